The predicted octanol–water partition coefficient (Wildman–Crippen LogP) is 3.64. The van der Waals surface area contributed by atoms with Gasteiger partial charge in [-0.25, -0.2) is 8.42 Å². The molecule has 1 aliphatic carbocycles. The van der Waals surface area contributed by atoms with E-state index in [4.69, 9.17) is 4.74 Å². The molecule has 1 aliphatic rings. The summed E-state index contributed by atoms with van der Waals surface area (Å²) in [6.07, 6.45) is 5.40. The molecular formula is C19H24N2O4S2. The van der Waals surface area contributed by atoms with Crippen molar-refractivity contribution in [3.8, 4) is 5.75 Å². The van der Waals surface area contributed by atoms with Crippen molar-refractivity contribution < 1.29 is 17.9 Å². The average Bonchev–Trinajstić information content (AvgIpc) is 3.18. The molecule has 1 aromatic carbocycles. The Hall–Kier alpha value is -2.06. The number of anilines is 1. The number of hydrogen-bond acceptors (Lipinski definition) is 5. The van der Waals surface area contributed by atoms with Gasteiger partial charge in [-0.3, -0.25) is 9.10 Å². The number of benzene rings is 1. The standard InChI is InChI=1S/C19H24N2O4S2/c1-21(27(23,24)16-10-8-15(25-2)9-11-16)17-12-13-26-18(17)19(22)20-14-6-4-3-5-7-14/h8-14H,3-7H2,1-2H3,(H,20,22). The molecule has 1 fully saturated rings. The minimum Gasteiger partial charge on any atom is -0.497 e. The van der Waals surface area contributed by atoms with E-state index in [-0.39, 0.29) is 16.8 Å². The first-order chi connectivity index (χ1) is 12.9. The summed E-state index contributed by atoms with van der Waals surface area (Å²) in [7, 11) is -0.774. The van der Waals surface area contributed by atoms with Crippen LogP contribution < -0.4 is 14.4 Å². The highest BCUT2D eigenvalue weighted by atomic mass is 32.2. The summed E-state index contributed by atoms with van der Waals surface area (Å²) < 4.78 is 32.2. The van der Waals surface area contributed by atoms with Crippen LogP contribution in [0.2, 0.25) is 0 Å². The number of ether oxygens (including phenoxy) is 1. The largest absolute Gasteiger partial charge is 0.497 e. The second kappa shape index (κ2) is 8.31. The molecule has 146 valence electrons. The first-order valence-corrected chi connectivity index (χ1v) is 11.3. The van der Waals surface area contributed by atoms with Gasteiger partial charge in [0.15, 0.2) is 0 Å². The van der Waals surface area contributed by atoms with Gasteiger partial charge in [0.05, 0.1) is 17.7 Å². The van der Waals surface area contributed by atoms with Crippen molar-refractivity contribution in [3.05, 3.63) is 40.6 Å². The van der Waals surface area contributed by atoms with E-state index in [9.17, 15) is 13.2 Å². The Morgan fingerprint density at radius 3 is 2.44 bits per heavy atom. The zero-order chi connectivity index (χ0) is 19.4. The molecule has 3 rings (SSSR count). The van der Waals surface area contributed by atoms with Crippen molar-refractivity contribution in [1.29, 1.82) is 0 Å². The van der Waals surface area contributed by atoms with Crippen molar-refractivity contribution in [2.45, 2.75) is 43.0 Å². The van der Waals surface area contributed by atoms with E-state index in [1.807, 2.05) is 0 Å². The van der Waals surface area contributed by atoms with Crippen molar-refractivity contribution in [3.63, 3.8) is 0 Å². The smallest absolute Gasteiger partial charge is 0.264 e. The first-order valence-electron chi connectivity index (χ1n) is 8.95. The molecule has 0 atom stereocenters. The number of amides is 1. The lowest BCUT2D eigenvalue weighted by atomic mass is 9.95. The lowest BCUT2D eigenvalue weighted by molar-refractivity contribution is 0.0932. The van der Waals surface area contributed by atoms with E-state index in [1.54, 1.807) is 23.6 Å². The molecule has 1 N–H and O–H groups in total. The molecule has 1 amide bonds. The molecule has 8 heteroatoms. The third-order valence-corrected chi connectivity index (χ3v) is 7.54. The van der Waals surface area contributed by atoms with Crippen LogP contribution in [0.15, 0.2) is 40.6 Å². The predicted molar refractivity (Wildman–Crippen MR) is 107 cm³/mol. The summed E-state index contributed by atoms with van der Waals surface area (Å²) in [6.45, 7) is 0. The molecule has 0 bridgehead atoms. The number of sulfonamides is 1. The highest BCUT2D eigenvalue weighted by Crippen LogP contribution is 2.31. The molecule has 6 nitrogen and oxygen atoms in total. The second-order valence-electron chi connectivity index (χ2n) is 6.59. The molecule has 2 aromatic rings. The van der Waals surface area contributed by atoms with E-state index in [0.29, 0.717) is 16.3 Å². The summed E-state index contributed by atoms with van der Waals surface area (Å²) in [5, 5.41) is 4.80. The van der Waals surface area contributed by atoms with Crippen LogP contribution in [0.5, 0.6) is 5.75 Å². The Bertz CT molecular complexity index is 885. The van der Waals surface area contributed by atoms with Gasteiger partial charge in [0, 0.05) is 13.1 Å². The van der Waals surface area contributed by atoms with Gasteiger partial charge in [-0.05, 0) is 48.6 Å². The fraction of sp³-hybridized carbons (Fsp3) is 0.421. The van der Waals surface area contributed by atoms with E-state index in [1.165, 1.54) is 48.4 Å². The van der Waals surface area contributed by atoms with Crippen LogP contribution in [-0.4, -0.2) is 34.5 Å². The Kier molecular flexibility index (Phi) is 6.06. The van der Waals surface area contributed by atoms with Gasteiger partial charge in [0.1, 0.15) is 10.6 Å². The number of nitrogens with one attached hydrogen (secondary N) is 1. The van der Waals surface area contributed by atoms with Gasteiger partial charge in [0.25, 0.3) is 15.9 Å². The van der Waals surface area contributed by atoms with Crippen LogP contribution in [0.4, 0.5) is 5.69 Å². The Morgan fingerprint density at radius 1 is 1.15 bits per heavy atom. The van der Waals surface area contributed by atoms with Crippen LogP contribution in [0.3, 0.4) is 0 Å². The average molecular weight is 409 g/mol. The number of rotatable bonds is 6. The fourth-order valence-corrected chi connectivity index (χ4v) is 5.34. The number of thiophene rings is 1. The number of nitrogens with zero attached hydrogens (tertiary/aromatic N) is 1. The molecule has 27 heavy (non-hydrogen) atoms. The summed E-state index contributed by atoms with van der Waals surface area (Å²) in [4.78, 5) is 13.3. The number of carbonyl (C=O) groups is 1. The van der Waals surface area contributed by atoms with E-state index >= 15 is 0 Å². The van der Waals surface area contributed by atoms with Gasteiger partial charge < -0.3 is 10.1 Å². The van der Waals surface area contributed by atoms with Crippen molar-refractivity contribution >= 4 is 33.0 Å². The summed E-state index contributed by atoms with van der Waals surface area (Å²) in [5.41, 5.74) is 0.393. The SMILES string of the molecule is COc1ccc(S(=O)(=O)N(C)c2ccsc2C(=O)NC2CCCCC2)cc1. The minimum absolute atomic E-state index is 0.149. The highest BCUT2D eigenvalue weighted by Gasteiger charge is 2.27. The van der Waals surface area contributed by atoms with Gasteiger partial charge in [-0.2, -0.15) is 0 Å². The zero-order valence-corrected chi connectivity index (χ0v) is 17.1. The quantitative estimate of drug-likeness (QED) is 0.792. The number of carbonyl (C=O) groups excluding carboxylic acids is 1. The molecule has 0 saturated heterocycles. The van der Waals surface area contributed by atoms with Crippen LogP contribution in [0, 0.1) is 0 Å². The summed E-state index contributed by atoms with van der Waals surface area (Å²) in [6, 6.07) is 8.04. The van der Waals surface area contributed by atoms with E-state index in [0.717, 1.165) is 25.7 Å². The molecule has 1 saturated carbocycles. The normalized spacial score (nSPS) is 15.3. The van der Waals surface area contributed by atoms with Crippen molar-refractivity contribution in [1.82, 2.24) is 5.32 Å². The van der Waals surface area contributed by atoms with Crippen LogP contribution in [0.25, 0.3) is 0 Å². The minimum atomic E-state index is -3.77. The highest BCUT2D eigenvalue weighted by molar-refractivity contribution is 7.92. The molecular weight excluding hydrogens is 384 g/mol. The first kappa shape index (κ1) is 19.7. The fourth-order valence-electron chi connectivity index (χ4n) is 3.25. The van der Waals surface area contributed by atoms with Crippen LogP contribution in [-0.2, 0) is 10.0 Å². The summed E-state index contributed by atoms with van der Waals surface area (Å²) in [5.74, 6) is 0.378. The monoisotopic (exact) mass is 408 g/mol. The van der Waals surface area contributed by atoms with Crippen molar-refractivity contribution in [2.24, 2.45) is 0 Å². The number of methoxy groups -OCH3 is 1. The number of hydrogen-bond donors (Lipinski definition) is 1. The van der Waals surface area contributed by atoms with E-state index < -0.39 is 10.0 Å². The molecule has 0 radical (unpaired) electrons. The van der Waals surface area contributed by atoms with Gasteiger partial charge >= 0.3 is 0 Å². The van der Waals surface area contributed by atoms with Gasteiger partial charge in [-0.15, -0.1) is 11.3 Å². The third kappa shape index (κ3) is 4.27. The topological polar surface area (TPSA) is 75.7 Å². The molecule has 0 unspecified atom stereocenters. The lowest BCUT2D eigenvalue weighted by Gasteiger charge is -2.24. The summed E-state index contributed by atoms with van der Waals surface area (Å²) >= 11 is 1.25. The Balaban J connectivity index is 1.81. The maximum atomic E-state index is 13.0. The zero-order valence-electron chi connectivity index (χ0n) is 15.5. The van der Waals surface area contributed by atoms with Gasteiger partial charge in [-0.1, -0.05) is 19.3 Å². The molecule has 1 aromatic heterocycles. The second-order valence-corrected chi connectivity index (χ2v) is 9.48. The maximum absolute atomic E-state index is 13.0. The Labute approximate surface area is 164 Å². The molecule has 0 aliphatic heterocycles. The maximum Gasteiger partial charge on any atom is 0.264 e. The van der Waals surface area contributed by atoms with Crippen LogP contribution >= 0.6 is 11.3 Å². The van der Waals surface area contributed by atoms with Crippen molar-refractivity contribution in [2.75, 3.05) is 18.5 Å². The third-order valence-electron chi connectivity index (χ3n) is 4.85. The molecule has 0 spiro atoms. The van der Waals surface area contributed by atoms with Gasteiger partial charge in [0.2, 0.25) is 0 Å². The lowest BCUT2D eigenvalue weighted by Crippen LogP contribution is -2.37. The van der Waals surface area contributed by atoms with E-state index in [2.05, 4.69) is 5.32 Å². The van der Waals surface area contributed by atoms with Crippen LogP contribution in [0.1, 0.15) is 41.8 Å². The Morgan fingerprint density at radius 2 is 1.81 bits per heavy atom. The molecule has 1 heterocycles.